The number of aliphatic hydroxyl groups excluding tert-OH is 1. The van der Waals surface area contributed by atoms with E-state index in [0.717, 1.165) is 0 Å². The molecule has 0 bridgehead atoms. The Kier molecular flexibility index (Phi) is 4.72. The first-order valence-electron chi connectivity index (χ1n) is 6.74. The second kappa shape index (κ2) is 6.34. The normalized spacial score (nSPS) is 18.9. The fourth-order valence-electron chi connectivity index (χ4n) is 2.26. The summed E-state index contributed by atoms with van der Waals surface area (Å²) < 4.78 is 36.9. The Morgan fingerprint density at radius 3 is 2.71 bits per heavy atom. The number of β-amino-alcohol motifs (C(OH)–C–C–N with tert-alkyl or cyclic N) is 1. The van der Waals surface area contributed by atoms with E-state index < -0.39 is 24.7 Å². The number of carbonyl (C=O) groups is 1. The predicted octanol–water partition coefficient (Wildman–Crippen LogP) is 2.78. The number of alkyl halides is 3. The van der Waals surface area contributed by atoms with Crippen molar-refractivity contribution in [1.82, 2.24) is 4.90 Å². The third kappa shape index (κ3) is 4.63. The van der Waals surface area contributed by atoms with Crippen molar-refractivity contribution in [1.29, 1.82) is 0 Å². The lowest BCUT2D eigenvalue weighted by Crippen LogP contribution is -2.33. The summed E-state index contributed by atoms with van der Waals surface area (Å²) in [7, 11) is 0. The first-order valence-corrected chi connectivity index (χ1v) is 6.74. The first-order chi connectivity index (χ1) is 9.85. The van der Waals surface area contributed by atoms with Gasteiger partial charge in [0.25, 0.3) is 0 Å². The van der Waals surface area contributed by atoms with Gasteiger partial charge in [-0.15, -0.1) is 0 Å². The van der Waals surface area contributed by atoms with E-state index in [1.165, 1.54) is 4.90 Å². The predicted molar refractivity (Wildman–Crippen MR) is 72.0 cm³/mol. The van der Waals surface area contributed by atoms with E-state index in [2.05, 4.69) is 5.32 Å². The number of nitrogens with zero attached hydrogens (tertiary/aromatic N) is 1. The van der Waals surface area contributed by atoms with Gasteiger partial charge in [0.2, 0.25) is 0 Å². The molecular weight excluding hydrogens is 285 g/mol. The molecule has 2 rings (SSSR count). The third-order valence-corrected chi connectivity index (χ3v) is 3.39. The number of likely N-dealkylation sites (tertiary alicyclic amines) is 1. The van der Waals surface area contributed by atoms with Gasteiger partial charge in [-0.05, 0) is 24.5 Å². The van der Waals surface area contributed by atoms with Gasteiger partial charge in [-0.3, -0.25) is 0 Å². The van der Waals surface area contributed by atoms with Crippen molar-refractivity contribution in [2.75, 3.05) is 18.4 Å². The highest BCUT2D eigenvalue weighted by Gasteiger charge is 2.28. The molecule has 2 amide bonds. The number of aliphatic hydroxyl groups is 1. The number of nitrogens with one attached hydrogen (secondary N) is 1. The molecule has 7 heteroatoms. The van der Waals surface area contributed by atoms with Gasteiger partial charge in [0.15, 0.2) is 0 Å². The van der Waals surface area contributed by atoms with E-state index in [9.17, 15) is 23.1 Å². The molecule has 0 aromatic heterocycles. The van der Waals surface area contributed by atoms with Gasteiger partial charge < -0.3 is 15.3 Å². The molecule has 0 radical (unpaired) electrons. The summed E-state index contributed by atoms with van der Waals surface area (Å²) in [5.41, 5.74) is 0.830. The average Bonchev–Trinajstić information content (AvgIpc) is 2.83. The second-order valence-corrected chi connectivity index (χ2v) is 5.09. The summed E-state index contributed by atoms with van der Waals surface area (Å²) >= 11 is 0. The maximum atomic E-state index is 12.3. The molecule has 2 N–H and O–H groups in total. The summed E-state index contributed by atoms with van der Waals surface area (Å²) in [6.45, 7) is 0.689. The molecule has 0 spiro atoms. The van der Waals surface area contributed by atoms with Gasteiger partial charge >= 0.3 is 12.2 Å². The minimum atomic E-state index is -4.23. The largest absolute Gasteiger partial charge is 0.391 e. The molecule has 1 heterocycles. The number of anilines is 1. The maximum absolute atomic E-state index is 12.3. The lowest BCUT2D eigenvalue weighted by atomic mass is 10.1. The van der Waals surface area contributed by atoms with E-state index >= 15 is 0 Å². The zero-order valence-corrected chi connectivity index (χ0v) is 11.4. The van der Waals surface area contributed by atoms with Crippen LogP contribution in [0.3, 0.4) is 0 Å². The molecule has 116 valence electrons. The van der Waals surface area contributed by atoms with Crippen molar-refractivity contribution < 1.29 is 23.1 Å². The minimum Gasteiger partial charge on any atom is -0.391 e. The Morgan fingerprint density at radius 1 is 1.38 bits per heavy atom. The van der Waals surface area contributed by atoms with E-state index in [1.54, 1.807) is 24.3 Å². The number of rotatable bonds is 3. The number of aryl methyl sites for hydroxylation is 1. The van der Waals surface area contributed by atoms with Crippen LogP contribution in [-0.2, 0) is 6.42 Å². The Morgan fingerprint density at radius 2 is 2.10 bits per heavy atom. The van der Waals surface area contributed by atoms with Gasteiger partial charge in [-0.25, -0.2) is 4.79 Å². The number of amides is 2. The standard InChI is InChI=1S/C14H17F3N2O2/c15-14(16,17)7-5-10-3-1-2-4-12(10)18-13(21)19-8-6-11(20)9-19/h1-4,11,20H,5-9H2,(H,18,21)/t11-/m1/s1. The zero-order valence-electron chi connectivity index (χ0n) is 11.4. The summed E-state index contributed by atoms with van der Waals surface area (Å²) in [5.74, 6) is 0. The average molecular weight is 302 g/mol. The van der Waals surface area contributed by atoms with Crippen LogP contribution in [0.25, 0.3) is 0 Å². The summed E-state index contributed by atoms with van der Waals surface area (Å²) in [5, 5.41) is 12.0. The second-order valence-electron chi connectivity index (χ2n) is 5.09. The fraction of sp³-hybridized carbons (Fsp3) is 0.500. The fourth-order valence-corrected chi connectivity index (χ4v) is 2.26. The van der Waals surface area contributed by atoms with Crippen molar-refractivity contribution in [2.45, 2.75) is 31.5 Å². The van der Waals surface area contributed by atoms with Crippen LogP contribution in [0.15, 0.2) is 24.3 Å². The number of carbonyl (C=O) groups excluding carboxylic acids is 1. The van der Waals surface area contributed by atoms with E-state index in [1.807, 2.05) is 0 Å². The molecular formula is C14H17F3N2O2. The molecule has 1 aliphatic heterocycles. The quantitative estimate of drug-likeness (QED) is 0.902. The van der Waals surface area contributed by atoms with Gasteiger partial charge in [0.1, 0.15) is 0 Å². The smallest absolute Gasteiger partial charge is 0.389 e. The van der Waals surface area contributed by atoms with Crippen molar-refractivity contribution in [3.63, 3.8) is 0 Å². The van der Waals surface area contributed by atoms with E-state index in [4.69, 9.17) is 0 Å². The zero-order chi connectivity index (χ0) is 15.5. The SMILES string of the molecule is O=C(Nc1ccccc1CCC(F)(F)F)N1CC[C@@H](O)C1. The van der Waals surface area contributed by atoms with Gasteiger partial charge in [-0.2, -0.15) is 13.2 Å². The lowest BCUT2D eigenvalue weighted by molar-refractivity contribution is -0.133. The Labute approximate surface area is 120 Å². The minimum absolute atomic E-state index is 0.178. The number of halogens is 3. The first kappa shape index (κ1) is 15.6. The highest BCUT2D eigenvalue weighted by molar-refractivity contribution is 5.90. The van der Waals surface area contributed by atoms with Crippen molar-refractivity contribution >= 4 is 11.7 Å². The van der Waals surface area contributed by atoms with Crippen molar-refractivity contribution in [3.05, 3.63) is 29.8 Å². The van der Waals surface area contributed by atoms with Crippen LogP contribution >= 0.6 is 0 Å². The van der Waals surface area contributed by atoms with Crippen LogP contribution in [0.5, 0.6) is 0 Å². The Balaban J connectivity index is 2.01. The number of benzene rings is 1. The van der Waals surface area contributed by atoms with E-state index in [-0.39, 0.29) is 13.0 Å². The molecule has 0 saturated carbocycles. The number of hydrogen-bond donors (Lipinski definition) is 2. The van der Waals surface area contributed by atoms with Crippen LogP contribution in [0.2, 0.25) is 0 Å². The van der Waals surface area contributed by atoms with Crippen LogP contribution in [0.1, 0.15) is 18.4 Å². The molecule has 1 aliphatic rings. The Hall–Kier alpha value is -1.76. The highest BCUT2D eigenvalue weighted by atomic mass is 19.4. The molecule has 21 heavy (non-hydrogen) atoms. The molecule has 1 atom stereocenters. The summed E-state index contributed by atoms with van der Waals surface area (Å²) in [6, 6.07) is 6.05. The molecule has 1 aromatic rings. The van der Waals surface area contributed by atoms with Gasteiger partial charge in [0.05, 0.1) is 6.10 Å². The maximum Gasteiger partial charge on any atom is 0.389 e. The number of urea groups is 1. The van der Waals surface area contributed by atoms with Gasteiger partial charge in [-0.1, -0.05) is 18.2 Å². The molecule has 1 fully saturated rings. The molecule has 4 nitrogen and oxygen atoms in total. The number of para-hydroxylation sites is 1. The molecule has 0 aliphatic carbocycles. The molecule has 0 unspecified atom stereocenters. The van der Waals surface area contributed by atoms with Crippen LogP contribution in [0, 0.1) is 0 Å². The number of hydrogen-bond acceptors (Lipinski definition) is 2. The van der Waals surface area contributed by atoms with Crippen LogP contribution < -0.4 is 5.32 Å². The van der Waals surface area contributed by atoms with Gasteiger partial charge in [0, 0.05) is 25.2 Å². The summed E-state index contributed by atoms with van der Waals surface area (Å²) in [4.78, 5) is 13.4. The molecule has 1 saturated heterocycles. The van der Waals surface area contributed by atoms with Crippen LogP contribution in [-0.4, -0.2) is 41.4 Å². The molecule has 1 aromatic carbocycles. The van der Waals surface area contributed by atoms with Crippen LogP contribution in [0.4, 0.5) is 23.7 Å². The Bertz CT molecular complexity index is 505. The van der Waals surface area contributed by atoms with E-state index in [0.29, 0.717) is 24.2 Å². The topological polar surface area (TPSA) is 52.6 Å². The lowest BCUT2D eigenvalue weighted by Gasteiger charge is -2.18. The highest BCUT2D eigenvalue weighted by Crippen LogP contribution is 2.25. The van der Waals surface area contributed by atoms with Crippen molar-refractivity contribution in [3.8, 4) is 0 Å². The third-order valence-electron chi connectivity index (χ3n) is 3.39. The summed E-state index contributed by atoms with van der Waals surface area (Å²) in [6.07, 6.45) is -5.35. The monoisotopic (exact) mass is 302 g/mol. The van der Waals surface area contributed by atoms with Crippen molar-refractivity contribution in [2.24, 2.45) is 0 Å².